The second-order valence-electron chi connectivity index (χ2n) is 17.8. The number of carbonyl (C=O) groups excluding carboxylic acids is 4. The quantitative estimate of drug-likeness (QED) is 0.0776. The summed E-state index contributed by atoms with van der Waals surface area (Å²) in [5, 5.41) is 7.21. The highest BCUT2D eigenvalue weighted by molar-refractivity contribution is 6.58. The Kier molecular flexibility index (Phi) is 16.0. The van der Waals surface area contributed by atoms with Gasteiger partial charge in [-0.3, -0.25) is 24.5 Å². The number of hydrogen-bond donors (Lipinski definition) is 2. The summed E-state index contributed by atoms with van der Waals surface area (Å²) < 4.78 is 6.52. The lowest BCUT2D eigenvalue weighted by Gasteiger charge is -2.46. The van der Waals surface area contributed by atoms with Crippen LogP contribution in [0.25, 0.3) is 36.5 Å². The summed E-state index contributed by atoms with van der Waals surface area (Å²) in [5.74, 6) is -2.12. The summed E-state index contributed by atoms with van der Waals surface area (Å²) in [6.07, 6.45) is 18.0. The van der Waals surface area contributed by atoms with E-state index in [0.717, 1.165) is 22.3 Å². The number of methoxy groups -OCH3 is 1. The number of aliphatic imine (C=N–C) groups is 1. The molecule has 0 radical (unpaired) electrons. The summed E-state index contributed by atoms with van der Waals surface area (Å²) in [7, 11) is 1.47. The topological polar surface area (TPSA) is 114 Å². The molecule has 2 unspecified atom stereocenters. The van der Waals surface area contributed by atoms with Crippen LogP contribution in [0.1, 0.15) is 38.9 Å². The Balaban J connectivity index is 1.33. The summed E-state index contributed by atoms with van der Waals surface area (Å²) in [6.45, 7) is 0.0505. The van der Waals surface area contributed by atoms with Crippen molar-refractivity contribution in [3.63, 3.8) is 0 Å². The first kappa shape index (κ1) is 50.5. The fourth-order valence-electron chi connectivity index (χ4n) is 8.94. The minimum atomic E-state index is -2.18. The van der Waals surface area contributed by atoms with E-state index in [9.17, 15) is 9.59 Å². The fraction of sp³-hybridized carbons (Fsp3) is 0.0597. The molecule has 2 N–H and O–H groups in total. The van der Waals surface area contributed by atoms with E-state index in [4.69, 9.17) is 9.73 Å². The number of dihydropyridines is 1. The van der Waals surface area contributed by atoms with Crippen LogP contribution in [0.15, 0.2) is 276 Å². The number of benzene rings is 7. The molecule has 9 rings (SSSR count). The number of nitrogens with zero attached hydrogens (tertiary/aromatic N) is 1. The smallest absolute Gasteiger partial charge is 0.212 e. The van der Waals surface area contributed by atoms with Crippen molar-refractivity contribution < 1.29 is 23.9 Å². The van der Waals surface area contributed by atoms with E-state index < -0.39 is 34.4 Å². The zero-order chi connectivity index (χ0) is 51.9. The van der Waals surface area contributed by atoms with Crippen molar-refractivity contribution in [1.29, 1.82) is 0 Å². The first-order valence-corrected chi connectivity index (χ1v) is 24.6. The lowest BCUT2D eigenvalue weighted by molar-refractivity contribution is -0.120. The standard InChI is InChI=1S/C67H53N3O5/c1-75-66(57(46-53-31-17-6-18-32-53)61(72)41-38-50-25-11-3-12-26-50)44-43-59-64(70-66)67(68-48-55-35-21-8-22-36-55,58(47-54-33-19-7-20-34-54)62(73)42-39-51-27-13-4-14-28-51)65(74)63(69-59)56(45-52-29-15-5-16-30-52)60(71)40-37-49-23-9-2-10-24-49/h2-47,68,70H,48H2,1H3. The Morgan fingerprint density at radius 1 is 0.507 bits per heavy atom. The van der Waals surface area contributed by atoms with E-state index in [1.807, 2.05) is 212 Å². The van der Waals surface area contributed by atoms with E-state index in [2.05, 4.69) is 10.6 Å². The zero-order valence-corrected chi connectivity index (χ0v) is 41.3. The van der Waals surface area contributed by atoms with Crippen LogP contribution >= 0.6 is 0 Å². The Bertz CT molecular complexity index is 3470. The number of Topliss-reactive ketones (excluding diaryl/α,β-unsaturated/α-hetero) is 1. The summed E-state index contributed by atoms with van der Waals surface area (Å²) in [6, 6.07) is 65.7. The lowest BCUT2D eigenvalue weighted by atomic mass is 9.72. The van der Waals surface area contributed by atoms with Crippen LogP contribution in [0.5, 0.6) is 0 Å². The Morgan fingerprint density at radius 3 is 1.35 bits per heavy atom. The van der Waals surface area contributed by atoms with Crippen LogP contribution in [0.4, 0.5) is 0 Å². The molecule has 0 aliphatic carbocycles. The molecule has 2 aliphatic heterocycles. The molecule has 0 bridgehead atoms. The fourth-order valence-corrected chi connectivity index (χ4v) is 8.94. The van der Waals surface area contributed by atoms with Crippen molar-refractivity contribution >= 4 is 65.3 Å². The molecule has 366 valence electrons. The molecule has 2 heterocycles. The average Bonchev–Trinajstić information content (AvgIpc) is 3.48. The van der Waals surface area contributed by atoms with E-state index in [1.165, 1.54) is 25.3 Å². The van der Waals surface area contributed by atoms with Gasteiger partial charge in [0.1, 0.15) is 5.71 Å². The molecule has 0 fully saturated rings. The third-order valence-electron chi connectivity index (χ3n) is 12.8. The number of allylic oxidation sites excluding steroid dienone is 5. The number of ketones is 4. The van der Waals surface area contributed by atoms with Gasteiger partial charge in [-0.25, -0.2) is 4.99 Å². The first-order valence-electron chi connectivity index (χ1n) is 24.6. The third-order valence-corrected chi connectivity index (χ3v) is 12.8. The predicted molar refractivity (Wildman–Crippen MR) is 302 cm³/mol. The van der Waals surface area contributed by atoms with E-state index in [1.54, 1.807) is 48.6 Å². The molecular formula is C67H53N3O5. The average molecular weight is 980 g/mol. The zero-order valence-electron chi connectivity index (χ0n) is 41.3. The minimum absolute atomic E-state index is 0.00439. The SMILES string of the molecule is COC1(C(=Cc2ccccc2)C(=O)C=Cc2ccccc2)C=CC2=C(N1)C(NCc1ccccc1)(C(=Cc1ccccc1)C(=O)C=Cc1ccccc1)C(=O)C(C(=Cc1ccccc1)C(=O)C=Cc1ccccc1)=N2. The summed E-state index contributed by atoms with van der Waals surface area (Å²) >= 11 is 0. The van der Waals surface area contributed by atoms with Crippen molar-refractivity contribution in [3.8, 4) is 0 Å². The van der Waals surface area contributed by atoms with Gasteiger partial charge < -0.3 is 10.1 Å². The number of hydrogen-bond acceptors (Lipinski definition) is 8. The first-order chi connectivity index (χ1) is 36.7. The van der Waals surface area contributed by atoms with Crippen LogP contribution < -0.4 is 10.6 Å². The van der Waals surface area contributed by atoms with Gasteiger partial charge in [0.15, 0.2) is 28.6 Å². The third kappa shape index (κ3) is 11.9. The van der Waals surface area contributed by atoms with E-state index >= 15 is 9.59 Å². The minimum Gasteiger partial charge on any atom is -0.351 e. The molecule has 8 heteroatoms. The van der Waals surface area contributed by atoms with E-state index in [0.29, 0.717) is 16.7 Å². The van der Waals surface area contributed by atoms with Crippen molar-refractivity contribution in [1.82, 2.24) is 10.6 Å². The number of ether oxygens (including phenoxy) is 1. The molecule has 7 aromatic carbocycles. The molecule has 8 nitrogen and oxygen atoms in total. The summed E-state index contributed by atoms with van der Waals surface area (Å²) in [4.78, 5) is 67.6. The van der Waals surface area contributed by atoms with Gasteiger partial charge in [0, 0.05) is 19.2 Å². The normalized spacial score (nSPS) is 18.0. The molecular weight excluding hydrogens is 927 g/mol. The maximum atomic E-state index is 16.8. The highest BCUT2D eigenvalue weighted by Gasteiger charge is 2.56. The number of rotatable bonds is 19. The highest BCUT2D eigenvalue weighted by Crippen LogP contribution is 2.42. The van der Waals surface area contributed by atoms with Crippen LogP contribution in [0, 0.1) is 0 Å². The second kappa shape index (κ2) is 23.8. The van der Waals surface area contributed by atoms with Crippen molar-refractivity contribution in [2.24, 2.45) is 4.99 Å². The maximum Gasteiger partial charge on any atom is 0.212 e. The molecule has 75 heavy (non-hydrogen) atoms. The molecule has 0 spiro atoms. The van der Waals surface area contributed by atoms with Crippen molar-refractivity contribution in [2.75, 3.05) is 7.11 Å². The van der Waals surface area contributed by atoms with Gasteiger partial charge in [-0.2, -0.15) is 0 Å². The monoisotopic (exact) mass is 979 g/mol. The Morgan fingerprint density at radius 2 is 0.893 bits per heavy atom. The molecule has 0 aromatic heterocycles. The second-order valence-corrected chi connectivity index (χ2v) is 17.8. The molecule has 0 amide bonds. The predicted octanol–water partition coefficient (Wildman–Crippen LogP) is 12.4. The highest BCUT2D eigenvalue weighted by atomic mass is 16.5. The Hall–Kier alpha value is -9.47. The van der Waals surface area contributed by atoms with Gasteiger partial charge >= 0.3 is 0 Å². The Labute approximate surface area is 437 Å². The molecule has 0 saturated heterocycles. The van der Waals surface area contributed by atoms with Crippen LogP contribution in [0.3, 0.4) is 0 Å². The van der Waals surface area contributed by atoms with Gasteiger partial charge in [-0.15, -0.1) is 0 Å². The van der Waals surface area contributed by atoms with Crippen LogP contribution in [-0.4, -0.2) is 47.2 Å². The van der Waals surface area contributed by atoms with Gasteiger partial charge in [-0.1, -0.05) is 231 Å². The lowest BCUT2D eigenvalue weighted by Crippen LogP contribution is -2.66. The van der Waals surface area contributed by atoms with Crippen molar-refractivity contribution in [2.45, 2.75) is 17.8 Å². The van der Waals surface area contributed by atoms with Gasteiger partial charge in [0.05, 0.1) is 22.5 Å². The van der Waals surface area contributed by atoms with Gasteiger partial charge in [0.2, 0.25) is 5.78 Å². The molecule has 2 atom stereocenters. The number of carbonyl (C=O) groups is 4. The molecule has 7 aromatic rings. The largest absolute Gasteiger partial charge is 0.351 e. The summed E-state index contributed by atoms with van der Waals surface area (Å²) in [5.41, 5.74) is 1.43. The van der Waals surface area contributed by atoms with Crippen LogP contribution in [-0.2, 0) is 30.5 Å². The molecule has 2 aliphatic rings. The van der Waals surface area contributed by atoms with Crippen molar-refractivity contribution in [3.05, 3.63) is 310 Å². The molecule has 0 saturated carbocycles. The van der Waals surface area contributed by atoms with Gasteiger partial charge in [-0.05, 0) is 87.6 Å². The number of nitrogens with one attached hydrogen (secondary N) is 2. The van der Waals surface area contributed by atoms with Gasteiger partial charge in [0.25, 0.3) is 0 Å². The maximum absolute atomic E-state index is 16.8. The van der Waals surface area contributed by atoms with Crippen LogP contribution in [0.2, 0.25) is 0 Å². The van der Waals surface area contributed by atoms with E-state index in [-0.39, 0.29) is 40.4 Å².